The van der Waals surface area contributed by atoms with E-state index in [9.17, 15) is 13.2 Å². The zero-order valence-electron chi connectivity index (χ0n) is 7.19. The van der Waals surface area contributed by atoms with E-state index in [1.807, 2.05) is 0 Å². The van der Waals surface area contributed by atoms with Crippen molar-refractivity contribution < 1.29 is 13.2 Å². The normalized spacial score (nSPS) is 53.3. The fourth-order valence-corrected chi connectivity index (χ4v) is 3.40. The molecular weight excluding hydrogens is 179 g/mol. The molecule has 4 heteroatoms. The van der Waals surface area contributed by atoms with Gasteiger partial charge in [-0.15, -0.1) is 0 Å². The summed E-state index contributed by atoms with van der Waals surface area (Å²) in [6.07, 6.45) is -1.16. The number of alkyl halides is 3. The number of hydrogen-bond acceptors (Lipinski definition) is 1. The predicted octanol–water partition coefficient (Wildman–Crippen LogP) is 2.08. The molecule has 0 aromatic heterocycles. The van der Waals surface area contributed by atoms with E-state index in [0.29, 0.717) is 18.9 Å². The second kappa shape index (κ2) is 2.05. The third-order valence-electron chi connectivity index (χ3n) is 4.30. The lowest BCUT2D eigenvalue weighted by Gasteiger charge is -2.62. The van der Waals surface area contributed by atoms with E-state index in [1.54, 1.807) is 0 Å². The van der Waals surface area contributed by atoms with Gasteiger partial charge in [-0.05, 0) is 25.7 Å². The van der Waals surface area contributed by atoms with E-state index in [-0.39, 0.29) is 11.5 Å². The highest BCUT2D eigenvalue weighted by Crippen LogP contribution is 2.63. The van der Waals surface area contributed by atoms with Crippen LogP contribution in [0.1, 0.15) is 25.7 Å². The lowest BCUT2D eigenvalue weighted by Crippen LogP contribution is -2.73. The molecule has 0 aromatic carbocycles. The molecule has 1 saturated heterocycles. The van der Waals surface area contributed by atoms with Crippen LogP contribution in [0, 0.1) is 11.3 Å². The molecule has 3 rings (SSSR count). The molecule has 13 heavy (non-hydrogen) atoms. The summed E-state index contributed by atoms with van der Waals surface area (Å²) in [6.45, 7) is 0. The van der Waals surface area contributed by atoms with Crippen LogP contribution in [0.5, 0.6) is 0 Å². The first-order valence-electron chi connectivity index (χ1n) is 4.85. The van der Waals surface area contributed by atoms with Crippen molar-refractivity contribution in [1.82, 2.24) is 5.32 Å². The van der Waals surface area contributed by atoms with Crippen molar-refractivity contribution in [3.63, 3.8) is 0 Å². The lowest BCUT2D eigenvalue weighted by atomic mass is 9.55. The van der Waals surface area contributed by atoms with Crippen molar-refractivity contribution in [2.24, 2.45) is 11.3 Å². The van der Waals surface area contributed by atoms with Gasteiger partial charge < -0.3 is 5.32 Å². The van der Waals surface area contributed by atoms with Crippen LogP contribution in [0.15, 0.2) is 0 Å². The summed E-state index contributed by atoms with van der Waals surface area (Å²) in [5.74, 6) is -1.03. The average Bonchev–Trinajstić information content (AvgIpc) is 2.36. The molecule has 2 aliphatic carbocycles. The van der Waals surface area contributed by atoms with Gasteiger partial charge in [-0.3, -0.25) is 0 Å². The Balaban J connectivity index is 1.78. The van der Waals surface area contributed by atoms with E-state index in [2.05, 4.69) is 5.32 Å². The van der Waals surface area contributed by atoms with E-state index < -0.39 is 12.1 Å². The van der Waals surface area contributed by atoms with Crippen molar-refractivity contribution in [2.75, 3.05) is 0 Å². The van der Waals surface area contributed by atoms with Gasteiger partial charge in [-0.25, -0.2) is 0 Å². The van der Waals surface area contributed by atoms with Crippen molar-refractivity contribution in [3.05, 3.63) is 0 Å². The minimum absolute atomic E-state index is 0.0696. The number of piperidine rings is 1. The van der Waals surface area contributed by atoms with Crippen molar-refractivity contribution in [1.29, 1.82) is 0 Å². The smallest absolute Gasteiger partial charge is 0.310 e. The van der Waals surface area contributed by atoms with E-state index in [1.165, 1.54) is 0 Å². The highest BCUT2D eigenvalue weighted by molar-refractivity contribution is 5.20. The fourth-order valence-electron chi connectivity index (χ4n) is 3.40. The standard InChI is InChI=1S/C9H12F3N/c10-9(11,12)5-3-7-8(4-5)2-1-6(8)13-7/h5-7,13H,1-4H2. The Bertz CT molecular complexity index is 250. The molecular formula is C9H12F3N. The summed E-state index contributed by atoms with van der Waals surface area (Å²) < 4.78 is 37.3. The molecule has 0 amide bonds. The Morgan fingerprint density at radius 1 is 1.23 bits per heavy atom. The molecule has 1 aliphatic heterocycles. The molecule has 1 nitrogen and oxygen atoms in total. The summed E-state index contributed by atoms with van der Waals surface area (Å²) >= 11 is 0. The van der Waals surface area contributed by atoms with Gasteiger partial charge in [0.25, 0.3) is 0 Å². The molecule has 2 saturated carbocycles. The van der Waals surface area contributed by atoms with E-state index in [4.69, 9.17) is 0 Å². The van der Waals surface area contributed by atoms with Crippen LogP contribution in [-0.4, -0.2) is 18.3 Å². The van der Waals surface area contributed by atoms with Crippen molar-refractivity contribution >= 4 is 0 Å². The summed E-state index contributed by atoms with van der Waals surface area (Å²) in [4.78, 5) is 0. The minimum atomic E-state index is -3.96. The van der Waals surface area contributed by atoms with Gasteiger partial charge in [-0.1, -0.05) is 0 Å². The lowest BCUT2D eigenvalue weighted by molar-refractivity contribution is -0.176. The Morgan fingerprint density at radius 3 is 2.38 bits per heavy atom. The van der Waals surface area contributed by atoms with Crippen LogP contribution in [0.4, 0.5) is 13.2 Å². The summed E-state index contributed by atoms with van der Waals surface area (Å²) in [7, 11) is 0. The average molecular weight is 191 g/mol. The second-order valence-corrected chi connectivity index (χ2v) is 4.72. The molecule has 4 atom stereocenters. The van der Waals surface area contributed by atoms with Crippen LogP contribution >= 0.6 is 0 Å². The Morgan fingerprint density at radius 2 is 2.00 bits per heavy atom. The maximum atomic E-state index is 12.4. The van der Waals surface area contributed by atoms with Crippen LogP contribution in [-0.2, 0) is 0 Å². The quantitative estimate of drug-likeness (QED) is 0.618. The first-order valence-corrected chi connectivity index (χ1v) is 4.85. The Kier molecular flexibility index (Phi) is 1.27. The first-order chi connectivity index (χ1) is 6.02. The highest BCUT2D eigenvalue weighted by Gasteiger charge is 2.67. The Hall–Kier alpha value is -0.250. The monoisotopic (exact) mass is 191 g/mol. The van der Waals surface area contributed by atoms with Gasteiger partial charge >= 0.3 is 6.18 Å². The minimum Gasteiger partial charge on any atom is -0.310 e. The molecule has 1 spiro atoms. The number of hydrogen-bond donors (Lipinski definition) is 1. The van der Waals surface area contributed by atoms with Gasteiger partial charge in [0.15, 0.2) is 0 Å². The van der Waals surface area contributed by atoms with Gasteiger partial charge in [0.05, 0.1) is 5.92 Å². The van der Waals surface area contributed by atoms with Gasteiger partial charge in [0, 0.05) is 17.5 Å². The number of halogens is 3. The largest absolute Gasteiger partial charge is 0.391 e. The maximum absolute atomic E-state index is 12.4. The number of nitrogens with one attached hydrogen (secondary N) is 1. The van der Waals surface area contributed by atoms with E-state index in [0.717, 1.165) is 12.8 Å². The molecule has 0 aromatic rings. The van der Waals surface area contributed by atoms with Gasteiger partial charge in [0.2, 0.25) is 0 Å². The van der Waals surface area contributed by atoms with E-state index >= 15 is 0 Å². The zero-order chi connectivity index (χ0) is 9.27. The van der Waals surface area contributed by atoms with Crippen molar-refractivity contribution in [3.8, 4) is 0 Å². The third kappa shape index (κ3) is 0.827. The molecule has 1 heterocycles. The van der Waals surface area contributed by atoms with Crippen LogP contribution in [0.25, 0.3) is 0 Å². The summed E-state index contributed by atoms with van der Waals surface area (Å²) in [5, 5.41) is 3.23. The predicted molar refractivity (Wildman–Crippen MR) is 41.2 cm³/mol. The molecule has 0 bridgehead atoms. The van der Waals surface area contributed by atoms with Gasteiger partial charge in [-0.2, -0.15) is 13.2 Å². The summed E-state index contributed by atoms with van der Waals surface area (Å²) in [5.41, 5.74) is 0.0696. The molecule has 1 N–H and O–H groups in total. The topological polar surface area (TPSA) is 12.0 Å². The van der Waals surface area contributed by atoms with Crippen molar-refractivity contribution in [2.45, 2.75) is 43.9 Å². The molecule has 3 aliphatic rings. The number of rotatable bonds is 0. The van der Waals surface area contributed by atoms with Crippen LogP contribution in [0.3, 0.4) is 0 Å². The highest BCUT2D eigenvalue weighted by atomic mass is 19.4. The molecule has 0 radical (unpaired) electrons. The molecule has 74 valence electrons. The fraction of sp³-hybridized carbons (Fsp3) is 1.00. The maximum Gasteiger partial charge on any atom is 0.391 e. The zero-order valence-corrected chi connectivity index (χ0v) is 7.19. The van der Waals surface area contributed by atoms with Crippen LogP contribution < -0.4 is 5.32 Å². The van der Waals surface area contributed by atoms with Gasteiger partial charge in [0.1, 0.15) is 0 Å². The first kappa shape index (κ1) is 8.09. The molecule has 4 unspecified atom stereocenters. The van der Waals surface area contributed by atoms with Crippen LogP contribution in [0.2, 0.25) is 0 Å². The second-order valence-electron chi connectivity index (χ2n) is 4.72. The SMILES string of the molecule is FC(F)(F)C1CC2NC3CCC32C1. The summed E-state index contributed by atoms with van der Waals surface area (Å²) in [6, 6.07) is 0.600. The third-order valence-corrected chi connectivity index (χ3v) is 4.30. The molecule has 3 fully saturated rings. The Labute approximate surface area is 74.7 Å².